The minimum Gasteiger partial charge on any atom is -0.369 e. The molecule has 0 aromatic heterocycles. The molecular weight excluding hydrogens is 234 g/mol. The summed E-state index contributed by atoms with van der Waals surface area (Å²) in [7, 11) is 0.797. The number of nitrogens with two attached hydrogens (primary N) is 1. The predicted molar refractivity (Wildman–Crippen MR) is 62.8 cm³/mol. The number of hydrogen-bond acceptors (Lipinski definition) is 5. The molecule has 0 radical (unpaired) electrons. The summed E-state index contributed by atoms with van der Waals surface area (Å²) in [5.41, 5.74) is 5.14. The molecule has 90 valence electrons. The number of amides is 1. The third kappa shape index (κ3) is 10.2. The highest BCUT2D eigenvalue weighted by Gasteiger charge is 2.07. The van der Waals surface area contributed by atoms with E-state index in [1.54, 1.807) is 11.8 Å². The van der Waals surface area contributed by atoms with E-state index in [4.69, 9.17) is 10.3 Å². The molecule has 0 spiro atoms. The van der Waals surface area contributed by atoms with Crippen molar-refractivity contribution in [2.45, 2.75) is 19.4 Å². The van der Waals surface area contributed by atoms with E-state index < -0.39 is 9.76 Å². The molecule has 0 bridgehead atoms. The molecule has 0 aliphatic heterocycles. The zero-order chi connectivity index (χ0) is 11.5. The molecule has 0 saturated carbocycles. The topological polar surface area (TPSA) is 70.8 Å². The highest BCUT2D eigenvalue weighted by Crippen LogP contribution is 2.10. The number of carbonyl (C=O) groups excluding carboxylic acids is 1. The number of rotatable bonds is 10. The fourth-order valence-corrected chi connectivity index (χ4v) is 2.98. The van der Waals surface area contributed by atoms with Gasteiger partial charge in [0.25, 0.3) is 0 Å². The quantitative estimate of drug-likeness (QED) is 0.261. The summed E-state index contributed by atoms with van der Waals surface area (Å²) in [6, 6.07) is 1.04. The molecule has 5 nitrogen and oxygen atoms in total. The van der Waals surface area contributed by atoms with Crippen LogP contribution in [0.2, 0.25) is 6.04 Å². The van der Waals surface area contributed by atoms with Gasteiger partial charge in [-0.15, -0.1) is 0 Å². The van der Waals surface area contributed by atoms with E-state index in [9.17, 15) is 4.79 Å². The Hall–Kier alpha value is -0.0831. The van der Waals surface area contributed by atoms with Crippen molar-refractivity contribution in [2.24, 2.45) is 11.7 Å². The van der Waals surface area contributed by atoms with Gasteiger partial charge in [-0.05, 0) is 18.2 Å². The number of carbonyl (C=O) groups is 1. The van der Waals surface area contributed by atoms with Crippen molar-refractivity contribution < 1.29 is 19.3 Å². The zero-order valence-electron chi connectivity index (χ0n) is 9.23. The Bertz CT molecular complexity index is 173. The molecule has 1 unspecified atom stereocenters. The van der Waals surface area contributed by atoms with Crippen LogP contribution in [0.1, 0.15) is 13.3 Å². The summed E-state index contributed by atoms with van der Waals surface area (Å²) in [5, 5.41) is 4.30. The maximum atomic E-state index is 10.7. The van der Waals surface area contributed by atoms with E-state index in [1.807, 2.05) is 6.92 Å². The second-order valence-electron chi connectivity index (χ2n) is 3.14. The van der Waals surface area contributed by atoms with Crippen molar-refractivity contribution in [2.75, 3.05) is 18.6 Å². The summed E-state index contributed by atoms with van der Waals surface area (Å²) in [6.07, 6.45) is 1.08. The van der Waals surface area contributed by atoms with Gasteiger partial charge in [0.2, 0.25) is 15.7 Å². The van der Waals surface area contributed by atoms with E-state index in [2.05, 4.69) is 9.93 Å². The van der Waals surface area contributed by atoms with Gasteiger partial charge in [0, 0.05) is 11.7 Å². The van der Waals surface area contributed by atoms with Gasteiger partial charge >= 0.3 is 0 Å². The average Bonchev–Trinajstić information content (AvgIpc) is 2.21. The second-order valence-corrected chi connectivity index (χ2v) is 5.64. The van der Waals surface area contributed by atoms with E-state index in [0.29, 0.717) is 0 Å². The Balaban J connectivity index is 3.08. The molecule has 0 heterocycles. The molecule has 1 atom stereocenters. The first-order valence-electron chi connectivity index (χ1n) is 4.87. The maximum absolute atomic E-state index is 10.7. The van der Waals surface area contributed by atoms with Crippen LogP contribution in [-0.2, 0) is 19.3 Å². The Labute approximate surface area is 96.8 Å². The van der Waals surface area contributed by atoms with Crippen LogP contribution in [0.25, 0.3) is 0 Å². The van der Waals surface area contributed by atoms with E-state index in [1.165, 1.54) is 7.11 Å². The third-order valence-corrected chi connectivity index (χ3v) is 4.10. The summed E-state index contributed by atoms with van der Waals surface area (Å²) in [5.74, 6) is 1.56. The lowest BCUT2D eigenvalue weighted by molar-refractivity contribution is -0.456. The fourth-order valence-electron chi connectivity index (χ4n) is 0.789. The van der Waals surface area contributed by atoms with Crippen LogP contribution in [0.3, 0.4) is 0 Å². The monoisotopic (exact) mass is 253 g/mol. The molecule has 0 aliphatic carbocycles. The molecular formula is C8H19NO4SSi. The number of hydrogen-bond donors (Lipinski definition) is 1. The average molecular weight is 253 g/mol. The summed E-state index contributed by atoms with van der Waals surface area (Å²) in [6.45, 7) is 1.85. The molecule has 0 rings (SSSR count). The lowest BCUT2D eigenvalue weighted by atomic mass is 10.2. The van der Waals surface area contributed by atoms with E-state index in [-0.39, 0.29) is 11.8 Å². The molecule has 0 aromatic rings. The first-order valence-corrected chi connectivity index (χ1v) is 7.61. The van der Waals surface area contributed by atoms with Gasteiger partial charge in [0.05, 0.1) is 7.11 Å². The maximum Gasteiger partial charge on any atom is 0.221 e. The smallest absolute Gasteiger partial charge is 0.221 e. The zero-order valence-corrected chi connectivity index (χ0v) is 11.5. The van der Waals surface area contributed by atoms with Crippen LogP contribution in [0.4, 0.5) is 0 Å². The van der Waals surface area contributed by atoms with Crippen molar-refractivity contribution >= 4 is 27.4 Å². The first-order chi connectivity index (χ1) is 7.18. The van der Waals surface area contributed by atoms with E-state index in [0.717, 1.165) is 24.0 Å². The lowest BCUT2D eigenvalue weighted by Crippen LogP contribution is -2.22. The van der Waals surface area contributed by atoms with Crippen LogP contribution in [-0.4, -0.2) is 34.3 Å². The minimum atomic E-state index is -0.615. The molecule has 2 N–H and O–H groups in total. The molecule has 15 heavy (non-hydrogen) atoms. The second kappa shape index (κ2) is 10.4. The SMILES string of the molecule is COOO[SiH2]CCCSCC(C)C(N)=O. The summed E-state index contributed by atoms with van der Waals surface area (Å²) < 4.78 is 4.78. The van der Waals surface area contributed by atoms with Crippen molar-refractivity contribution in [3.05, 3.63) is 0 Å². The molecule has 1 amide bonds. The van der Waals surface area contributed by atoms with Gasteiger partial charge in [0.15, 0.2) is 0 Å². The van der Waals surface area contributed by atoms with Crippen LogP contribution < -0.4 is 5.73 Å². The van der Waals surface area contributed by atoms with Crippen molar-refractivity contribution in [1.29, 1.82) is 0 Å². The normalized spacial score (nSPS) is 13.5. The minimum absolute atomic E-state index is 0.0414. The van der Waals surface area contributed by atoms with Gasteiger partial charge in [-0.2, -0.15) is 11.8 Å². The molecule has 0 aromatic carbocycles. The Kier molecular flexibility index (Phi) is 10.4. The standard InChI is InChI=1S/C8H19NO4SSi/c1-7(8(9)10)6-14-4-3-5-15-13-12-11-2/h7H,3-6,15H2,1-2H3,(H2,9,10). The Morgan fingerprint density at radius 1 is 1.60 bits per heavy atom. The van der Waals surface area contributed by atoms with Crippen molar-refractivity contribution in [3.8, 4) is 0 Å². The van der Waals surface area contributed by atoms with Crippen LogP contribution in [0, 0.1) is 5.92 Å². The Morgan fingerprint density at radius 3 is 2.93 bits per heavy atom. The van der Waals surface area contributed by atoms with Crippen LogP contribution in [0.5, 0.6) is 0 Å². The van der Waals surface area contributed by atoms with Crippen molar-refractivity contribution in [3.63, 3.8) is 0 Å². The van der Waals surface area contributed by atoms with E-state index >= 15 is 0 Å². The van der Waals surface area contributed by atoms with Gasteiger partial charge in [0.1, 0.15) is 0 Å². The van der Waals surface area contributed by atoms with Crippen LogP contribution >= 0.6 is 11.8 Å². The van der Waals surface area contributed by atoms with Crippen molar-refractivity contribution in [1.82, 2.24) is 0 Å². The van der Waals surface area contributed by atoms with Crippen LogP contribution in [0.15, 0.2) is 0 Å². The number of thioether (sulfide) groups is 1. The fraction of sp³-hybridized carbons (Fsp3) is 0.875. The lowest BCUT2D eigenvalue weighted by Gasteiger charge is -2.05. The predicted octanol–water partition coefficient (Wildman–Crippen LogP) is 0.243. The molecule has 0 saturated heterocycles. The third-order valence-electron chi connectivity index (χ3n) is 1.74. The largest absolute Gasteiger partial charge is 0.369 e. The van der Waals surface area contributed by atoms with Gasteiger partial charge in [-0.25, -0.2) is 4.89 Å². The van der Waals surface area contributed by atoms with Gasteiger partial charge in [-0.3, -0.25) is 9.37 Å². The summed E-state index contributed by atoms with van der Waals surface area (Å²) in [4.78, 5) is 15.0. The van der Waals surface area contributed by atoms with Gasteiger partial charge in [-0.1, -0.05) is 12.0 Å². The molecule has 0 aliphatic rings. The Morgan fingerprint density at radius 2 is 2.33 bits per heavy atom. The highest BCUT2D eigenvalue weighted by molar-refractivity contribution is 7.99. The highest BCUT2D eigenvalue weighted by atomic mass is 32.2. The first kappa shape index (κ1) is 14.9. The summed E-state index contributed by atoms with van der Waals surface area (Å²) >= 11 is 1.75. The molecule has 7 heteroatoms. The number of primary amides is 1. The van der Waals surface area contributed by atoms with Gasteiger partial charge < -0.3 is 5.73 Å². The molecule has 0 fully saturated rings.